The second-order valence-electron chi connectivity index (χ2n) is 6.77. The number of benzene rings is 2. The molecule has 0 spiro atoms. The van der Waals surface area contributed by atoms with E-state index in [-0.39, 0.29) is 11.9 Å². The molecule has 0 saturated carbocycles. The lowest BCUT2D eigenvalue weighted by atomic mass is 10.2. The summed E-state index contributed by atoms with van der Waals surface area (Å²) in [6.07, 6.45) is 1.33. The van der Waals surface area contributed by atoms with E-state index in [1.54, 1.807) is 47.4 Å². The third-order valence-corrected chi connectivity index (χ3v) is 4.91. The van der Waals surface area contributed by atoms with Gasteiger partial charge >= 0.3 is 6.03 Å². The van der Waals surface area contributed by atoms with E-state index in [1.807, 2.05) is 6.92 Å². The van der Waals surface area contributed by atoms with E-state index in [9.17, 15) is 9.59 Å². The van der Waals surface area contributed by atoms with Crippen LogP contribution in [-0.4, -0.2) is 50.3 Å². The summed E-state index contributed by atoms with van der Waals surface area (Å²) in [6, 6.07) is 11.5. The first-order valence-corrected chi connectivity index (χ1v) is 9.89. The summed E-state index contributed by atoms with van der Waals surface area (Å²) in [5.74, 6) is 1.44. The largest absolute Gasteiger partial charge is 0.494 e. The highest BCUT2D eigenvalue weighted by Gasteiger charge is 2.35. The summed E-state index contributed by atoms with van der Waals surface area (Å²) in [5.41, 5.74) is 1.09. The quantitative estimate of drug-likeness (QED) is 0.722. The van der Waals surface area contributed by atoms with Gasteiger partial charge in [0.2, 0.25) is 5.91 Å². The molecule has 1 atom stereocenters. The van der Waals surface area contributed by atoms with Gasteiger partial charge in [-0.25, -0.2) is 4.79 Å². The Balaban J connectivity index is 1.69. The molecule has 1 fully saturated rings. The van der Waals surface area contributed by atoms with Crippen molar-refractivity contribution in [3.63, 3.8) is 0 Å². The van der Waals surface area contributed by atoms with Crippen molar-refractivity contribution in [3.8, 4) is 17.2 Å². The molecule has 1 aliphatic heterocycles. The van der Waals surface area contributed by atoms with E-state index >= 15 is 0 Å². The molecule has 2 N–H and O–H groups in total. The highest BCUT2D eigenvalue weighted by molar-refractivity contribution is 6.01. The van der Waals surface area contributed by atoms with Gasteiger partial charge in [0.15, 0.2) is 0 Å². The number of anilines is 2. The van der Waals surface area contributed by atoms with E-state index in [0.29, 0.717) is 42.4 Å². The Morgan fingerprint density at radius 2 is 1.70 bits per heavy atom. The van der Waals surface area contributed by atoms with Crippen molar-refractivity contribution in [2.75, 3.05) is 38.0 Å². The molecule has 0 bridgehead atoms. The molecule has 1 heterocycles. The average molecular weight is 413 g/mol. The zero-order valence-electron chi connectivity index (χ0n) is 17.4. The number of hydrogen-bond acceptors (Lipinski definition) is 5. The maximum absolute atomic E-state index is 13.0. The Kier molecular flexibility index (Phi) is 7.00. The van der Waals surface area contributed by atoms with Gasteiger partial charge in [-0.2, -0.15) is 0 Å². The van der Waals surface area contributed by atoms with Crippen LogP contribution in [0.3, 0.4) is 0 Å². The minimum atomic E-state index is -0.581. The van der Waals surface area contributed by atoms with Crippen molar-refractivity contribution in [1.82, 2.24) is 4.90 Å². The predicted molar refractivity (Wildman–Crippen MR) is 115 cm³/mol. The van der Waals surface area contributed by atoms with Gasteiger partial charge < -0.3 is 29.7 Å². The van der Waals surface area contributed by atoms with E-state index in [4.69, 9.17) is 14.2 Å². The zero-order chi connectivity index (χ0) is 21.5. The summed E-state index contributed by atoms with van der Waals surface area (Å²) >= 11 is 0. The minimum Gasteiger partial charge on any atom is -0.494 e. The van der Waals surface area contributed by atoms with Crippen LogP contribution in [0.1, 0.15) is 19.8 Å². The van der Waals surface area contributed by atoms with E-state index in [2.05, 4.69) is 10.6 Å². The number of carbonyl (C=O) groups excluding carboxylic acids is 2. The maximum Gasteiger partial charge on any atom is 0.322 e. The average Bonchev–Trinajstić information content (AvgIpc) is 3.26. The lowest BCUT2D eigenvalue weighted by Gasteiger charge is -2.25. The fourth-order valence-corrected chi connectivity index (χ4v) is 3.46. The summed E-state index contributed by atoms with van der Waals surface area (Å²) in [6.45, 7) is 2.99. The number of nitrogens with zero attached hydrogens (tertiary/aromatic N) is 1. The van der Waals surface area contributed by atoms with Crippen LogP contribution in [0.4, 0.5) is 16.2 Å². The minimum absolute atomic E-state index is 0.280. The molecule has 3 amide bonds. The number of likely N-dealkylation sites (tertiary alicyclic amines) is 1. The molecule has 160 valence electrons. The molecular weight excluding hydrogens is 386 g/mol. The molecule has 0 aromatic heterocycles. The normalized spacial score (nSPS) is 15.4. The molecular formula is C22H27N3O5. The van der Waals surface area contributed by atoms with Crippen LogP contribution in [0, 0.1) is 0 Å². The second-order valence-corrected chi connectivity index (χ2v) is 6.77. The molecule has 8 heteroatoms. The summed E-state index contributed by atoms with van der Waals surface area (Å²) in [7, 11) is 3.05. The van der Waals surface area contributed by atoms with Crippen molar-refractivity contribution in [2.45, 2.75) is 25.8 Å². The van der Waals surface area contributed by atoms with Crippen LogP contribution in [0.15, 0.2) is 42.5 Å². The third-order valence-electron chi connectivity index (χ3n) is 4.91. The van der Waals surface area contributed by atoms with Gasteiger partial charge in [-0.3, -0.25) is 4.79 Å². The number of hydrogen-bond donors (Lipinski definition) is 2. The van der Waals surface area contributed by atoms with Crippen LogP contribution in [0.5, 0.6) is 17.2 Å². The SMILES string of the molecule is CCOc1ccc(NC(=O)N2CCC[C@H]2C(=O)Nc2c(OC)cccc2OC)cc1. The van der Waals surface area contributed by atoms with Gasteiger partial charge in [-0.15, -0.1) is 0 Å². The van der Waals surface area contributed by atoms with Gasteiger partial charge in [0.1, 0.15) is 29.0 Å². The fraction of sp³-hybridized carbons (Fsp3) is 0.364. The van der Waals surface area contributed by atoms with Crippen molar-refractivity contribution in [1.29, 1.82) is 0 Å². The smallest absolute Gasteiger partial charge is 0.322 e. The number of ether oxygens (including phenoxy) is 3. The topological polar surface area (TPSA) is 89.1 Å². The number of methoxy groups -OCH3 is 2. The van der Waals surface area contributed by atoms with Gasteiger partial charge in [0.05, 0.1) is 20.8 Å². The highest BCUT2D eigenvalue weighted by atomic mass is 16.5. The maximum atomic E-state index is 13.0. The number of rotatable bonds is 7. The Morgan fingerprint density at radius 3 is 2.30 bits per heavy atom. The van der Waals surface area contributed by atoms with Crippen molar-refractivity contribution in [3.05, 3.63) is 42.5 Å². The number of nitrogens with one attached hydrogen (secondary N) is 2. The number of amides is 3. The zero-order valence-corrected chi connectivity index (χ0v) is 17.4. The monoisotopic (exact) mass is 413 g/mol. The van der Waals surface area contributed by atoms with Crippen LogP contribution in [0.2, 0.25) is 0 Å². The Hall–Kier alpha value is -3.42. The van der Waals surface area contributed by atoms with Crippen molar-refractivity contribution in [2.24, 2.45) is 0 Å². The van der Waals surface area contributed by atoms with Crippen molar-refractivity contribution < 1.29 is 23.8 Å². The lowest BCUT2D eigenvalue weighted by molar-refractivity contribution is -0.119. The van der Waals surface area contributed by atoms with Crippen LogP contribution in [0.25, 0.3) is 0 Å². The first kappa shape index (κ1) is 21.3. The molecule has 1 aliphatic rings. The van der Waals surface area contributed by atoms with E-state index in [0.717, 1.165) is 12.2 Å². The van der Waals surface area contributed by atoms with Crippen LogP contribution >= 0.6 is 0 Å². The molecule has 30 heavy (non-hydrogen) atoms. The van der Waals surface area contributed by atoms with Gasteiger partial charge in [-0.1, -0.05) is 6.07 Å². The third kappa shape index (κ3) is 4.76. The predicted octanol–water partition coefficient (Wildman–Crippen LogP) is 3.74. The highest BCUT2D eigenvalue weighted by Crippen LogP contribution is 2.35. The van der Waals surface area contributed by atoms with E-state index < -0.39 is 6.04 Å². The van der Waals surface area contributed by atoms with Crippen molar-refractivity contribution >= 4 is 23.3 Å². The first-order valence-electron chi connectivity index (χ1n) is 9.89. The summed E-state index contributed by atoms with van der Waals surface area (Å²) < 4.78 is 16.1. The molecule has 8 nitrogen and oxygen atoms in total. The molecule has 2 aromatic carbocycles. The number of carbonyl (C=O) groups is 2. The molecule has 0 radical (unpaired) electrons. The molecule has 2 aromatic rings. The first-order chi connectivity index (χ1) is 14.6. The van der Waals surface area contributed by atoms with Crippen LogP contribution < -0.4 is 24.8 Å². The second kappa shape index (κ2) is 9.87. The molecule has 3 rings (SSSR count). The van der Waals surface area contributed by atoms with Gasteiger partial charge in [0.25, 0.3) is 0 Å². The Morgan fingerprint density at radius 1 is 1.03 bits per heavy atom. The molecule has 0 unspecified atom stereocenters. The van der Waals surface area contributed by atoms with Crippen LogP contribution in [-0.2, 0) is 4.79 Å². The van der Waals surface area contributed by atoms with E-state index in [1.165, 1.54) is 14.2 Å². The molecule has 0 aliphatic carbocycles. The lowest BCUT2D eigenvalue weighted by Crippen LogP contribution is -2.45. The van der Waals surface area contributed by atoms with Gasteiger partial charge in [0, 0.05) is 12.2 Å². The fourth-order valence-electron chi connectivity index (χ4n) is 3.46. The van der Waals surface area contributed by atoms with Gasteiger partial charge in [-0.05, 0) is 56.2 Å². The summed E-state index contributed by atoms with van der Waals surface area (Å²) in [5, 5.41) is 5.72. The standard InChI is InChI=1S/C22H27N3O5/c1-4-30-16-12-10-15(11-13-16)23-22(27)25-14-6-7-17(25)21(26)24-20-18(28-2)8-5-9-19(20)29-3/h5,8-13,17H,4,6-7,14H2,1-3H3,(H,23,27)(H,24,26)/t17-/m0/s1. The Labute approximate surface area is 176 Å². The summed E-state index contributed by atoms with van der Waals surface area (Å²) in [4.78, 5) is 27.3. The number of para-hydroxylation sites is 1. The number of urea groups is 1. The molecule has 1 saturated heterocycles. The Bertz CT molecular complexity index is 863.